The van der Waals surface area contributed by atoms with Crippen molar-refractivity contribution in [2.45, 2.75) is 76.8 Å². The molecule has 3 fully saturated rings. The summed E-state index contributed by atoms with van der Waals surface area (Å²) in [5.74, 6) is 1.20. The highest BCUT2D eigenvalue weighted by Crippen LogP contribution is 2.35. The van der Waals surface area contributed by atoms with Gasteiger partial charge in [-0.2, -0.15) is 0 Å². The molecule has 2 aliphatic heterocycles. The molecule has 3 rings (SSSR count). The highest BCUT2D eigenvalue weighted by Gasteiger charge is 2.36. The fraction of sp³-hybridized carbons (Fsp3) is 0.947. The van der Waals surface area contributed by atoms with Gasteiger partial charge in [-0.1, -0.05) is 19.8 Å². The van der Waals surface area contributed by atoms with E-state index in [0.29, 0.717) is 24.5 Å². The van der Waals surface area contributed by atoms with E-state index >= 15 is 0 Å². The highest BCUT2D eigenvalue weighted by molar-refractivity contribution is 5.85. The molecule has 3 aliphatic rings. The number of nitrogens with zero attached hydrogens (tertiary/aromatic N) is 2. The number of halogens is 1. The number of piperidine rings is 2. The molecule has 0 aromatic carbocycles. The molecule has 0 aromatic rings. The number of carbonyl (C=O) groups excluding carboxylic acids is 1. The van der Waals surface area contributed by atoms with E-state index in [0.717, 1.165) is 38.5 Å². The maximum atomic E-state index is 13.0. The van der Waals surface area contributed by atoms with Crippen LogP contribution >= 0.6 is 12.4 Å². The normalized spacial score (nSPS) is 28.3. The Morgan fingerprint density at radius 1 is 1.08 bits per heavy atom. The molecule has 0 bridgehead atoms. The molecular formula is C19H36ClN3O. The molecule has 1 amide bonds. The van der Waals surface area contributed by atoms with Gasteiger partial charge in [0.1, 0.15) is 0 Å². The van der Waals surface area contributed by atoms with Crippen LogP contribution in [0.5, 0.6) is 0 Å². The quantitative estimate of drug-likeness (QED) is 0.821. The minimum Gasteiger partial charge on any atom is -0.338 e. The third kappa shape index (κ3) is 4.86. The molecule has 2 unspecified atom stereocenters. The summed E-state index contributed by atoms with van der Waals surface area (Å²) < 4.78 is 0. The van der Waals surface area contributed by atoms with Crippen molar-refractivity contribution in [2.24, 2.45) is 5.92 Å². The molecule has 140 valence electrons. The van der Waals surface area contributed by atoms with Crippen molar-refractivity contribution in [2.75, 3.05) is 32.7 Å². The number of carbonyl (C=O) groups is 1. The lowest BCUT2D eigenvalue weighted by molar-refractivity contribution is -0.139. The third-order valence-electron chi connectivity index (χ3n) is 6.24. The van der Waals surface area contributed by atoms with E-state index in [2.05, 4.69) is 22.0 Å². The second-order valence-electron chi connectivity index (χ2n) is 7.79. The first kappa shape index (κ1) is 20.0. The van der Waals surface area contributed by atoms with Gasteiger partial charge in [-0.15, -0.1) is 12.4 Å². The van der Waals surface area contributed by atoms with E-state index in [1.165, 1.54) is 51.4 Å². The topological polar surface area (TPSA) is 35.6 Å². The van der Waals surface area contributed by atoms with Crippen LogP contribution in [0.1, 0.15) is 64.7 Å². The fourth-order valence-corrected chi connectivity index (χ4v) is 5.05. The van der Waals surface area contributed by atoms with Gasteiger partial charge in [0, 0.05) is 18.6 Å². The van der Waals surface area contributed by atoms with Gasteiger partial charge in [0.15, 0.2) is 0 Å². The van der Waals surface area contributed by atoms with Crippen LogP contribution in [0.4, 0.5) is 0 Å². The van der Waals surface area contributed by atoms with E-state index in [-0.39, 0.29) is 12.4 Å². The molecule has 4 nitrogen and oxygen atoms in total. The molecule has 1 saturated carbocycles. The number of nitrogens with one attached hydrogen (secondary N) is 1. The van der Waals surface area contributed by atoms with Crippen LogP contribution in [0.25, 0.3) is 0 Å². The van der Waals surface area contributed by atoms with Crippen molar-refractivity contribution >= 4 is 18.3 Å². The van der Waals surface area contributed by atoms with Crippen LogP contribution in [0, 0.1) is 5.92 Å². The van der Waals surface area contributed by atoms with E-state index in [9.17, 15) is 4.79 Å². The average molecular weight is 358 g/mol. The summed E-state index contributed by atoms with van der Waals surface area (Å²) in [6.45, 7) is 7.17. The molecule has 2 atom stereocenters. The molecule has 2 saturated heterocycles. The van der Waals surface area contributed by atoms with E-state index in [4.69, 9.17) is 0 Å². The molecule has 0 spiro atoms. The first-order chi connectivity index (χ1) is 11.3. The van der Waals surface area contributed by atoms with Crippen LogP contribution in [-0.2, 0) is 4.79 Å². The van der Waals surface area contributed by atoms with Gasteiger partial charge in [0.25, 0.3) is 0 Å². The fourth-order valence-electron chi connectivity index (χ4n) is 5.05. The Morgan fingerprint density at radius 2 is 1.79 bits per heavy atom. The predicted molar refractivity (Wildman–Crippen MR) is 102 cm³/mol. The Kier molecular flexibility index (Phi) is 8.32. The monoisotopic (exact) mass is 357 g/mol. The third-order valence-corrected chi connectivity index (χ3v) is 6.24. The Balaban J connectivity index is 0.00000208. The van der Waals surface area contributed by atoms with Crippen LogP contribution in [0.3, 0.4) is 0 Å². The molecule has 0 aromatic heterocycles. The second-order valence-corrected chi connectivity index (χ2v) is 7.79. The van der Waals surface area contributed by atoms with Crippen LogP contribution in [-0.4, -0.2) is 60.5 Å². The largest absolute Gasteiger partial charge is 0.338 e. The van der Waals surface area contributed by atoms with Gasteiger partial charge in [-0.05, 0) is 70.5 Å². The van der Waals surface area contributed by atoms with E-state index < -0.39 is 0 Å². The van der Waals surface area contributed by atoms with Gasteiger partial charge in [-0.25, -0.2) is 0 Å². The summed E-state index contributed by atoms with van der Waals surface area (Å²) in [5, 5.41) is 3.44. The number of likely N-dealkylation sites (tertiary alicyclic amines) is 1. The Bertz CT molecular complexity index is 385. The van der Waals surface area contributed by atoms with Crippen molar-refractivity contribution in [1.82, 2.24) is 15.1 Å². The minimum atomic E-state index is 0. The number of fused-ring (bicyclic) bond motifs is 1. The van der Waals surface area contributed by atoms with E-state index in [1.807, 2.05) is 0 Å². The van der Waals surface area contributed by atoms with Crippen molar-refractivity contribution in [1.29, 1.82) is 0 Å². The lowest BCUT2D eigenvalue weighted by atomic mass is 9.78. The number of rotatable bonds is 5. The summed E-state index contributed by atoms with van der Waals surface area (Å²) in [7, 11) is 0. The summed E-state index contributed by atoms with van der Waals surface area (Å²) in [5.41, 5.74) is 0. The van der Waals surface area contributed by atoms with E-state index in [1.54, 1.807) is 0 Å². The van der Waals surface area contributed by atoms with Crippen molar-refractivity contribution in [3.05, 3.63) is 0 Å². The molecule has 1 N–H and O–H groups in total. The van der Waals surface area contributed by atoms with Gasteiger partial charge in [0.05, 0.1) is 6.54 Å². The molecule has 24 heavy (non-hydrogen) atoms. The number of amides is 1. The molecular weight excluding hydrogens is 322 g/mol. The predicted octanol–water partition coefficient (Wildman–Crippen LogP) is 3.05. The number of hydrogen-bond acceptors (Lipinski definition) is 3. The van der Waals surface area contributed by atoms with Crippen molar-refractivity contribution < 1.29 is 4.79 Å². The van der Waals surface area contributed by atoms with Crippen LogP contribution in [0.2, 0.25) is 0 Å². The maximum Gasteiger partial charge on any atom is 0.237 e. The van der Waals surface area contributed by atoms with Gasteiger partial charge < -0.3 is 10.2 Å². The first-order valence-electron chi connectivity index (χ1n) is 10.0. The van der Waals surface area contributed by atoms with Crippen molar-refractivity contribution in [3.63, 3.8) is 0 Å². The summed E-state index contributed by atoms with van der Waals surface area (Å²) >= 11 is 0. The highest BCUT2D eigenvalue weighted by atomic mass is 35.5. The maximum absolute atomic E-state index is 13.0. The standard InChI is InChI=1S/C19H35N3O.ClH/c1-2-13-21(17-9-11-20-12-10-17)15-19(23)22-14-5-7-16-6-3-4-8-18(16)22;/h16-18,20H,2-15H2,1H3;1H. The molecule has 0 radical (unpaired) electrons. The number of hydrogen-bond donors (Lipinski definition) is 1. The zero-order chi connectivity index (χ0) is 16.1. The van der Waals surface area contributed by atoms with Crippen LogP contribution < -0.4 is 5.32 Å². The minimum absolute atomic E-state index is 0. The molecule has 1 aliphatic carbocycles. The van der Waals surface area contributed by atoms with Gasteiger partial charge >= 0.3 is 0 Å². The van der Waals surface area contributed by atoms with Gasteiger partial charge in [0.2, 0.25) is 5.91 Å². The Morgan fingerprint density at radius 3 is 2.54 bits per heavy atom. The Hall–Kier alpha value is -0.320. The lowest BCUT2D eigenvalue weighted by Crippen LogP contribution is -2.54. The Labute approximate surface area is 154 Å². The SMILES string of the molecule is CCCN(CC(=O)N1CCCC2CCCCC21)C1CCNCC1.Cl. The summed E-state index contributed by atoms with van der Waals surface area (Å²) in [6.07, 6.45) is 11.4. The smallest absolute Gasteiger partial charge is 0.237 e. The van der Waals surface area contributed by atoms with Gasteiger partial charge in [-0.3, -0.25) is 9.69 Å². The zero-order valence-electron chi connectivity index (χ0n) is 15.3. The second kappa shape index (κ2) is 9.98. The summed E-state index contributed by atoms with van der Waals surface area (Å²) in [4.78, 5) is 17.8. The molecule has 2 heterocycles. The molecule has 5 heteroatoms. The average Bonchev–Trinajstić information content (AvgIpc) is 2.61. The van der Waals surface area contributed by atoms with Crippen LogP contribution in [0.15, 0.2) is 0 Å². The zero-order valence-corrected chi connectivity index (χ0v) is 16.2. The summed E-state index contributed by atoms with van der Waals surface area (Å²) in [6, 6.07) is 1.16. The first-order valence-corrected chi connectivity index (χ1v) is 10.0. The van der Waals surface area contributed by atoms with Crippen molar-refractivity contribution in [3.8, 4) is 0 Å². The lowest BCUT2D eigenvalue weighted by Gasteiger charge is -2.45.